The van der Waals surface area contributed by atoms with Crippen LogP contribution in [-0.2, 0) is 71.9 Å². The smallest absolute Gasteiger partial charge is 0.325 e. The SMILES string of the molecule is CCCCCC/C=C\CC(=O)N[C@H]1COC(=O)CNC(=O)C(CCCN(O)C(C)=O)NC(=O)CNC(=O)[C@H](C)NC(=O)C(CCCN(O)C(C)=O)NC(=O)[C@H](CO)NC(=O)[C@@H](C(C)C)NC(=O)CNC(=O)C(CCCN(O)C(C)=O)NC1=O. The molecule has 0 aromatic rings. The lowest BCUT2D eigenvalue weighted by molar-refractivity contribution is -0.163. The fraction of sp³-hybridized carbons (Fsp3) is 0.686. The van der Waals surface area contributed by atoms with Crippen LogP contribution in [-0.4, -0.2) is 213 Å². The minimum atomic E-state index is -1.79. The van der Waals surface area contributed by atoms with Gasteiger partial charge in [-0.3, -0.25) is 82.7 Å². The Kier molecular flexibility index (Phi) is 34.9. The van der Waals surface area contributed by atoms with Gasteiger partial charge in [0.15, 0.2) is 0 Å². The Labute approximate surface area is 480 Å². The number of hydrogen-bond acceptors (Lipinski definition) is 19. The highest BCUT2D eigenvalue weighted by Gasteiger charge is 2.34. The van der Waals surface area contributed by atoms with Gasteiger partial charge in [0, 0.05) is 46.8 Å². The van der Waals surface area contributed by atoms with Crippen molar-refractivity contribution in [2.45, 2.75) is 168 Å². The molecular formula is C51H85N13O19. The van der Waals surface area contributed by atoms with Crippen molar-refractivity contribution in [3.05, 3.63) is 12.2 Å². The van der Waals surface area contributed by atoms with E-state index in [0.29, 0.717) is 21.6 Å². The highest BCUT2D eigenvalue weighted by molar-refractivity contribution is 5.98. The number of rotatable bonds is 22. The van der Waals surface area contributed by atoms with Crippen LogP contribution in [0, 0.1) is 5.92 Å². The molecule has 0 bridgehead atoms. The van der Waals surface area contributed by atoms with E-state index in [9.17, 15) is 87.9 Å². The number of unbranched alkanes of at least 4 members (excludes halogenated alkanes) is 4. The maximum absolute atomic E-state index is 14.0. The highest BCUT2D eigenvalue weighted by atomic mass is 16.5. The summed E-state index contributed by atoms with van der Waals surface area (Å²) < 4.78 is 5.29. The van der Waals surface area contributed by atoms with Crippen LogP contribution >= 0.6 is 0 Å². The molecule has 1 saturated heterocycles. The van der Waals surface area contributed by atoms with Crippen molar-refractivity contribution in [1.82, 2.24) is 68.4 Å². The molecule has 0 radical (unpaired) electrons. The molecule has 32 heteroatoms. The molecule has 0 saturated carbocycles. The maximum Gasteiger partial charge on any atom is 0.325 e. The molecule has 468 valence electrons. The van der Waals surface area contributed by atoms with E-state index >= 15 is 0 Å². The molecule has 3 unspecified atom stereocenters. The summed E-state index contributed by atoms with van der Waals surface area (Å²) in [5, 5.41) is 64.6. The predicted octanol–water partition coefficient (Wildman–Crippen LogP) is -4.08. The van der Waals surface area contributed by atoms with E-state index in [1.807, 2.05) is 0 Å². The number of carbonyl (C=O) groups excluding carboxylic acids is 14. The van der Waals surface area contributed by atoms with Gasteiger partial charge in [0.05, 0.1) is 19.7 Å². The molecule has 13 amide bonds. The largest absolute Gasteiger partial charge is 0.462 e. The summed E-state index contributed by atoms with van der Waals surface area (Å²) in [4.78, 5) is 183. The summed E-state index contributed by atoms with van der Waals surface area (Å²) in [6, 6.07) is -11.0. The summed E-state index contributed by atoms with van der Waals surface area (Å²) in [6.07, 6.45) is 6.38. The second-order valence-corrected chi connectivity index (χ2v) is 19.8. The van der Waals surface area contributed by atoms with Crippen molar-refractivity contribution in [2.24, 2.45) is 5.92 Å². The summed E-state index contributed by atoms with van der Waals surface area (Å²) in [5.41, 5.74) is 0. The zero-order valence-corrected chi connectivity index (χ0v) is 48.2. The average Bonchev–Trinajstić information content (AvgIpc) is 3.46. The number of nitrogens with zero attached hydrogens (tertiary/aromatic N) is 3. The zero-order chi connectivity index (χ0) is 62.8. The molecule has 1 aliphatic heterocycles. The Hall–Kier alpha value is -7.84. The minimum Gasteiger partial charge on any atom is -0.462 e. The number of ether oxygens (including phenoxy) is 1. The van der Waals surface area contributed by atoms with Gasteiger partial charge in [0.1, 0.15) is 55.4 Å². The Bertz CT molecular complexity index is 2270. The average molecular weight is 1180 g/mol. The Morgan fingerprint density at radius 3 is 1.53 bits per heavy atom. The first-order valence-electron chi connectivity index (χ1n) is 27.4. The molecule has 1 heterocycles. The topological polar surface area (TPSA) is 459 Å². The third-order valence-electron chi connectivity index (χ3n) is 12.4. The summed E-state index contributed by atoms with van der Waals surface area (Å²) in [6.45, 7) is 3.95. The number of hydrogen-bond donors (Lipinski definition) is 14. The van der Waals surface area contributed by atoms with Crippen molar-refractivity contribution >= 4 is 82.8 Å². The number of carbonyl (C=O) groups is 14. The van der Waals surface area contributed by atoms with E-state index in [2.05, 4.69) is 60.1 Å². The molecule has 14 N–H and O–H groups in total. The molecule has 1 fully saturated rings. The van der Waals surface area contributed by atoms with Crippen LogP contribution in [0.1, 0.15) is 126 Å². The Morgan fingerprint density at radius 1 is 0.566 bits per heavy atom. The molecule has 1 aliphatic rings. The van der Waals surface area contributed by atoms with E-state index in [0.717, 1.165) is 46.5 Å². The first kappa shape index (κ1) is 73.2. The van der Waals surface area contributed by atoms with Gasteiger partial charge in [0.25, 0.3) is 0 Å². The van der Waals surface area contributed by atoms with Crippen LogP contribution in [0.5, 0.6) is 0 Å². The van der Waals surface area contributed by atoms with Crippen molar-refractivity contribution in [2.75, 3.05) is 52.5 Å². The molecule has 0 aromatic heterocycles. The van der Waals surface area contributed by atoms with Crippen LogP contribution in [0.15, 0.2) is 12.2 Å². The fourth-order valence-electron chi connectivity index (χ4n) is 7.55. The lowest BCUT2D eigenvalue weighted by Gasteiger charge is -2.27. The van der Waals surface area contributed by atoms with Gasteiger partial charge >= 0.3 is 5.97 Å². The van der Waals surface area contributed by atoms with Crippen LogP contribution in [0.2, 0.25) is 0 Å². The van der Waals surface area contributed by atoms with Gasteiger partial charge in [-0.25, -0.2) is 15.2 Å². The quantitative estimate of drug-likeness (QED) is 0.0161. The first-order valence-corrected chi connectivity index (χ1v) is 27.4. The molecule has 0 aromatic carbocycles. The first-order chi connectivity index (χ1) is 39.1. The highest BCUT2D eigenvalue weighted by Crippen LogP contribution is 2.08. The molecule has 7 atom stereocenters. The predicted molar refractivity (Wildman–Crippen MR) is 289 cm³/mol. The summed E-state index contributed by atoms with van der Waals surface area (Å²) in [7, 11) is 0. The van der Waals surface area contributed by atoms with Crippen LogP contribution in [0.3, 0.4) is 0 Å². The molecule has 0 spiro atoms. The van der Waals surface area contributed by atoms with Crippen LogP contribution in [0.4, 0.5) is 0 Å². The van der Waals surface area contributed by atoms with Crippen molar-refractivity contribution in [3.8, 4) is 0 Å². The van der Waals surface area contributed by atoms with Crippen molar-refractivity contribution < 1.29 is 92.6 Å². The zero-order valence-electron chi connectivity index (χ0n) is 48.2. The molecular weight excluding hydrogens is 1100 g/mol. The van der Waals surface area contributed by atoms with E-state index in [1.165, 1.54) is 20.8 Å². The second kappa shape index (κ2) is 39.6. The van der Waals surface area contributed by atoms with Crippen LogP contribution in [0.25, 0.3) is 0 Å². The lowest BCUT2D eigenvalue weighted by atomic mass is 10.0. The number of nitrogens with one attached hydrogen (secondary N) is 10. The Morgan fingerprint density at radius 2 is 1.02 bits per heavy atom. The normalized spacial score (nSPS) is 21.9. The minimum absolute atomic E-state index is 0.104. The Balaban J connectivity index is 3.79. The van der Waals surface area contributed by atoms with Gasteiger partial charge in [0.2, 0.25) is 76.8 Å². The van der Waals surface area contributed by atoms with Gasteiger partial charge in [-0.1, -0.05) is 52.2 Å². The standard InChI is InChI=1S/C51H85N13O19/c1-8-9-10-11-12-13-14-21-40(69)57-39-29-83-43(72)27-54-46(74)35(18-15-22-62(80)32(5)66)56-41(70)25-52-45(73)31(4)55-48(76)37(20-17-24-64(82)34(7)68)59-49(77)38(28-65)60-51(79)44(30(2)3)61-42(71)26-53-47(75)36(58-50(39)78)19-16-23-63(81)33(6)67/h13-14,30-31,35-39,44,65,80-82H,8-12,15-29H2,1-7H3,(H,52,73)(H,53,75)(H,54,74)(H,55,76)(H,56,70)(H,57,69)(H,58,78)(H,59,77)(H,60,79)(H,61,71)/b14-13-/t31-,35?,36?,37?,38-,39-,44+/m0/s1. The molecule has 1 rings (SSSR count). The molecule has 0 aliphatic carbocycles. The van der Waals surface area contributed by atoms with Crippen molar-refractivity contribution in [1.29, 1.82) is 0 Å². The third-order valence-corrected chi connectivity index (χ3v) is 12.4. The number of amides is 13. The van der Waals surface area contributed by atoms with Gasteiger partial charge in [-0.15, -0.1) is 0 Å². The number of hydroxylamine groups is 6. The second-order valence-electron chi connectivity index (χ2n) is 19.8. The molecule has 83 heavy (non-hydrogen) atoms. The van der Waals surface area contributed by atoms with Gasteiger partial charge in [-0.05, 0) is 64.2 Å². The fourth-order valence-corrected chi connectivity index (χ4v) is 7.55. The van der Waals surface area contributed by atoms with Gasteiger partial charge < -0.3 is 63.0 Å². The number of cyclic esters (lactones) is 1. The number of allylic oxidation sites excluding steroid dienone is 1. The van der Waals surface area contributed by atoms with Gasteiger partial charge in [-0.2, -0.15) is 0 Å². The van der Waals surface area contributed by atoms with Crippen LogP contribution < -0.4 is 53.2 Å². The van der Waals surface area contributed by atoms with E-state index in [-0.39, 0.29) is 64.6 Å². The third kappa shape index (κ3) is 30.2. The summed E-state index contributed by atoms with van der Waals surface area (Å²) in [5.74, 6) is -14.1. The number of aliphatic hydroxyl groups is 1. The lowest BCUT2D eigenvalue weighted by Crippen LogP contribution is -2.60. The van der Waals surface area contributed by atoms with E-state index in [4.69, 9.17) is 4.74 Å². The number of aliphatic hydroxyl groups excluding tert-OH is 1. The van der Waals surface area contributed by atoms with Crippen molar-refractivity contribution in [3.63, 3.8) is 0 Å². The maximum atomic E-state index is 14.0. The van der Waals surface area contributed by atoms with E-state index < -0.39 is 164 Å². The van der Waals surface area contributed by atoms with E-state index in [1.54, 1.807) is 12.2 Å². The number of esters is 1. The summed E-state index contributed by atoms with van der Waals surface area (Å²) >= 11 is 0. The monoisotopic (exact) mass is 1180 g/mol. The molecule has 32 nitrogen and oxygen atoms in total.